The maximum Gasteiger partial charge on any atom is 0.252 e. The molecule has 4 aromatic heterocycles. The molecule has 124 valence electrons. The van der Waals surface area contributed by atoms with Crippen LogP contribution in [0.3, 0.4) is 0 Å². The summed E-state index contributed by atoms with van der Waals surface area (Å²) in [6, 6.07) is 11.1. The Morgan fingerprint density at radius 1 is 1.20 bits per heavy atom. The molecule has 0 unspecified atom stereocenters. The number of primary amides is 1. The zero-order valence-electron chi connectivity index (χ0n) is 13.4. The summed E-state index contributed by atoms with van der Waals surface area (Å²) in [7, 11) is 0. The quantitative estimate of drug-likeness (QED) is 0.590. The van der Waals surface area contributed by atoms with Crippen molar-refractivity contribution in [1.29, 1.82) is 0 Å². The lowest BCUT2D eigenvalue weighted by atomic mass is 10.1. The second kappa shape index (κ2) is 5.45. The first-order valence-electron chi connectivity index (χ1n) is 7.60. The van der Waals surface area contributed by atoms with Crippen molar-refractivity contribution in [2.24, 2.45) is 5.73 Å². The van der Waals surface area contributed by atoms with Crippen molar-refractivity contribution in [1.82, 2.24) is 24.4 Å². The summed E-state index contributed by atoms with van der Waals surface area (Å²) in [5, 5.41) is 8.47. The lowest BCUT2D eigenvalue weighted by molar-refractivity contribution is 0.100. The molecule has 8 nitrogen and oxygen atoms in total. The third-order valence-electron chi connectivity index (χ3n) is 3.90. The molecule has 8 heteroatoms. The van der Waals surface area contributed by atoms with Crippen molar-refractivity contribution in [3.05, 3.63) is 60.0 Å². The van der Waals surface area contributed by atoms with Crippen molar-refractivity contribution in [3.63, 3.8) is 0 Å². The van der Waals surface area contributed by atoms with E-state index < -0.39 is 5.91 Å². The summed E-state index contributed by atoms with van der Waals surface area (Å²) < 4.78 is 3.27. The number of rotatable bonds is 3. The van der Waals surface area contributed by atoms with Crippen LogP contribution in [0.1, 0.15) is 16.1 Å². The number of pyridine rings is 2. The summed E-state index contributed by atoms with van der Waals surface area (Å²) in [5.74, 6) is 0.512. The van der Waals surface area contributed by atoms with Crippen LogP contribution in [0.25, 0.3) is 22.6 Å². The van der Waals surface area contributed by atoms with E-state index in [4.69, 9.17) is 11.5 Å². The van der Waals surface area contributed by atoms with E-state index in [1.54, 1.807) is 21.5 Å². The van der Waals surface area contributed by atoms with Crippen LogP contribution < -0.4 is 11.5 Å². The van der Waals surface area contributed by atoms with Crippen LogP contribution in [0.2, 0.25) is 0 Å². The SMILES string of the molecule is Cc1cccc(-n2nc(N)cc2-c2ccn3ncc(C(N)=O)c3c2)n1. The standard InChI is InChI=1S/C17H15N7O/c1-10-3-2-4-16(21-10)24-13(8-15(18)22-24)11-5-6-23-14(7-11)12(9-20-23)17(19)25/h2-9H,1H3,(H2,18,22)(H2,19,25). The number of carbonyl (C=O) groups is 1. The number of aryl methyl sites for hydroxylation is 1. The van der Waals surface area contributed by atoms with Crippen LogP contribution >= 0.6 is 0 Å². The first kappa shape index (κ1) is 14.9. The maximum atomic E-state index is 11.6. The Morgan fingerprint density at radius 3 is 2.80 bits per heavy atom. The average Bonchev–Trinajstić information content (AvgIpc) is 3.17. The van der Waals surface area contributed by atoms with Gasteiger partial charge in [-0.25, -0.2) is 14.2 Å². The number of hydrogen-bond donors (Lipinski definition) is 2. The number of nitrogens with two attached hydrogens (primary N) is 2. The fourth-order valence-electron chi connectivity index (χ4n) is 2.76. The van der Waals surface area contributed by atoms with Gasteiger partial charge in [0.2, 0.25) is 0 Å². The van der Waals surface area contributed by atoms with Crippen LogP contribution in [-0.2, 0) is 0 Å². The molecule has 1 amide bonds. The fraction of sp³-hybridized carbons (Fsp3) is 0.0588. The van der Waals surface area contributed by atoms with E-state index in [-0.39, 0.29) is 0 Å². The van der Waals surface area contributed by atoms with Gasteiger partial charge in [-0.1, -0.05) is 6.07 Å². The van der Waals surface area contributed by atoms with Gasteiger partial charge in [-0.15, -0.1) is 5.10 Å². The molecule has 0 bridgehead atoms. The van der Waals surface area contributed by atoms with Gasteiger partial charge in [0.05, 0.1) is 23.0 Å². The van der Waals surface area contributed by atoms with E-state index >= 15 is 0 Å². The summed E-state index contributed by atoms with van der Waals surface area (Å²) in [6.07, 6.45) is 3.21. The highest BCUT2D eigenvalue weighted by Gasteiger charge is 2.15. The monoisotopic (exact) mass is 333 g/mol. The summed E-state index contributed by atoms with van der Waals surface area (Å²) >= 11 is 0. The van der Waals surface area contributed by atoms with Gasteiger partial charge in [0, 0.05) is 23.5 Å². The van der Waals surface area contributed by atoms with E-state index in [2.05, 4.69) is 15.2 Å². The predicted octanol–water partition coefficient (Wildman–Crippen LogP) is 1.57. The molecule has 0 aliphatic carbocycles. The topological polar surface area (TPSA) is 117 Å². The summed E-state index contributed by atoms with van der Waals surface area (Å²) in [5.41, 5.74) is 14.8. The zero-order valence-corrected chi connectivity index (χ0v) is 13.4. The van der Waals surface area contributed by atoms with Gasteiger partial charge >= 0.3 is 0 Å². The van der Waals surface area contributed by atoms with E-state index in [1.165, 1.54) is 6.20 Å². The number of anilines is 1. The molecule has 0 fully saturated rings. The Hall–Kier alpha value is -3.68. The molecule has 0 saturated carbocycles. The number of aromatic nitrogens is 5. The fourth-order valence-corrected chi connectivity index (χ4v) is 2.76. The molecule has 4 heterocycles. The average molecular weight is 333 g/mol. The number of amides is 1. The number of hydrogen-bond acceptors (Lipinski definition) is 5. The second-order valence-electron chi connectivity index (χ2n) is 5.67. The minimum absolute atomic E-state index is 0.356. The lowest BCUT2D eigenvalue weighted by Gasteiger charge is -2.08. The Morgan fingerprint density at radius 2 is 2.04 bits per heavy atom. The van der Waals surface area contributed by atoms with Gasteiger partial charge in [-0.3, -0.25) is 4.79 Å². The smallest absolute Gasteiger partial charge is 0.252 e. The molecule has 0 aliphatic heterocycles. The normalized spacial score (nSPS) is 11.1. The molecule has 25 heavy (non-hydrogen) atoms. The lowest BCUT2D eigenvalue weighted by Crippen LogP contribution is -2.10. The number of nitrogen functional groups attached to an aromatic ring is 1. The molecular formula is C17H15N7O. The minimum Gasteiger partial charge on any atom is -0.382 e. The third kappa shape index (κ3) is 2.49. The van der Waals surface area contributed by atoms with Crippen molar-refractivity contribution in [2.75, 3.05) is 5.73 Å². The molecule has 0 spiro atoms. The maximum absolute atomic E-state index is 11.6. The van der Waals surface area contributed by atoms with Crippen LogP contribution in [0, 0.1) is 6.92 Å². The van der Waals surface area contributed by atoms with Gasteiger partial charge in [0.1, 0.15) is 5.82 Å². The molecule has 0 aliphatic rings. The van der Waals surface area contributed by atoms with E-state index in [0.29, 0.717) is 22.7 Å². The molecule has 4 rings (SSSR count). The Kier molecular flexibility index (Phi) is 3.24. The highest BCUT2D eigenvalue weighted by atomic mass is 16.1. The van der Waals surface area contributed by atoms with Crippen molar-refractivity contribution < 1.29 is 4.79 Å². The van der Waals surface area contributed by atoms with E-state index in [1.807, 2.05) is 37.3 Å². The van der Waals surface area contributed by atoms with Gasteiger partial charge in [0.15, 0.2) is 5.82 Å². The number of carbonyl (C=O) groups excluding carboxylic acids is 1. The molecule has 0 saturated heterocycles. The highest BCUT2D eigenvalue weighted by Crippen LogP contribution is 2.26. The van der Waals surface area contributed by atoms with Crippen molar-refractivity contribution in [2.45, 2.75) is 6.92 Å². The highest BCUT2D eigenvalue weighted by molar-refractivity contribution is 6.00. The van der Waals surface area contributed by atoms with E-state index in [9.17, 15) is 4.79 Å². The predicted molar refractivity (Wildman–Crippen MR) is 93.2 cm³/mol. The summed E-state index contributed by atoms with van der Waals surface area (Å²) in [6.45, 7) is 1.91. The van der Waals surface area contributed by atoms with Crippen LogP contribution in [-0.4, -0.2) is 30.3 Å². The zero-order chi connectivity index (χ0) is 17.6. The Bertz CT molecular complexity index is 1110. The van der Waals surface area contributed by atoms with Gasteiger partial charge in [-0.2, -0.15) is 5.10 Å². The van der Waals surface area contributed by atoms with Gasteiger partial charge < -0.3 is 11.5 Å². The Labute approximate surface area is 142 Å². The Balaban J connectivity index is 1.92. The first-order chi connectivity index (χ1) is 12.0. The molecular weight excluding hydrogens is 318 g/mol. The largest absolute Gasteiger partial charge is 0.382 e. The second-order valence-corrected chi connectivity index (χ2v) is 5.67. The molecule has 0 aromatic carbocycles. The molecule has 0 radical (unpaired) electrons. The van der Waals surface area contributed by atoms with Gasteiger partial charge in [-0.05, 0) is 31.2 Å². The van der Waals surface area contributed by atoms with Crippen LogP contribution in [0.15, 0.2) is 48.8 Å². The van der Waals surface area contributed by atoms with Crippen molar-refractivity contribution >= 4 is 17.2 Å². The number of nitrogens with zero attached hydrogens (tertiary/aromatic N) is 5. The molecule has 4 N–H and O–H groups in total. The third-order valence-corrected chi connectivity index (χ3v) is 3.90. The number of fused-ring (bicyclic) bond motifs is 1. The first-order valence-corrected chi connectivity index (χ1v) is 7.60. The van der Waals surface area contributed by atoms with Crippen LogP contribution in [0.5, 0.6) is 0 Å². The van der Waals surface area contributed by atoms with Crippen molar-refractivity contribution in [3.8, 4) is 17.1 Å². The minimum atomic E-state index is -0.527. The van der Waals surface area contributed by atoms with Crippen LogP contribution in [0.4, 0.5) is 5.82 Å². The molecule has 0 atom stereocenters. The summed E-state index contributed by atoms with van der Waals surface area (Å²) in [4.78, 5) is 16.1. The van der Waals surface area contributed by atoms with Gasteiger partial charge in [0.25, 0.3) is 5.91 Å². The van der Waals surface area contributed by atoms with E-state index in [0.717, 1.165) is 17.0 Å². The molecule has 4 aromatic rings.